The highest BCUT2D eigenvalue weighted by atomic mass is 16.6. The summed E-state index contributed by atoms with van der Waals surface area (Å²) in [6.07, 6.45) is 3.41. The number of nitro groups is 1. The molecule has 0 atom stereocenters. The van der Waals surface area contributed by atoms with Gasteiger partial charge in [0.2, 0.25) is 0 Å². The van der Waals surface area contributed by atoms with Crippen molar-refractivity contribution >= 4 is 11.8 Å². The van der Waals surface area contributed by atoms with Gasteiger partial charge >= 0.3 is 0 Å². The van der Waals surface area contributed by atoms with E-state index in [0.29, 0.717) is 17.7 Å². The normalized spacial score (nSPS) is 10.8. The lowest BCUT2D eigenvalue weighted by Crippen LogP contribution is -1.96. The number of nitrogens with zero attached hydrogens (tertiary/aromatic N) is 1. The van der Waals surface area contributed by atoms with Gasteiger partial charge in [-0.1, -0.05) is 18.2 Å². The van der Waals surface area contributed by atoms with Crippen LogP contribution < -0.4 is 5.73 Å². The molecule has 15 heavy (non-hydrogen) atoms. The van der Waals surface area contributed by atoms with E-state index in [1.54, 1.807) is 18.2 Å². The number of nitro benzene ring substituents is 1. The van der Waals surface area contributed by atoms with Crippen molar-refractivity contribution in [3.05, 3.63) is 45.5 Å². The summed E-state index contributed by atoms with van der Waals surface area (Å²) in [6, 6.07) is 4.65. The Bertz CT molecular complexity index is 388. The molecular weight excluding hydrogens is 196 g/mol. The largest absolute Gasteiger partial charge is 0.391 e. The van der Waals surface area contributed by atoms with E-state index in [0.717, 1.165) is 0 Å². The van der Waals surface area contributed by atoms with Crippen LogP contribution in [0.4, 0.5) is 5.69 Å². The van der Waals surface area contributed by atoms with Crippen molar-refractivity contribution < 1.29 is 10.0 Å². The van der Waals surface area contributed by atoms with Crippen LogP contribution in [0.15, 0.2) is 24.3 Å². The Kier molecular flexibility index (Phi) is 3.96. The van der Waals surface area contributed by atoms with Gasteiger partial charge in [-0.15, -0.1) is 0 Å². The predicted molar refractivity (Wildman–Crippen MR) is 57.1 cm³/mol. The molecule has 0 bridgehead atoms. The Balaban J connectivity index is 3.10. The Labute approximate surface area is 87.0 Å². The summed E-state index contributed by atoms with van der Waals surface area (Å²) in [7, 11) is 0. The highest BCUT2D eigenvalue weighted by Gasteiger charge is 2.12. The van der Waals surface area contributed by atoms with Gasteiger partial charge in [-0.3, -0.25) is 10.1 Å². The lowest BCUT2D eigenvalue weighted by atomic mass is 10.1. The monoisotopic (exact) mass is 208 g/mol. The van der Waals surface area contributed by atoms with Crippen molar-refractivity contribution in [3.63, 3.8) is 0 Å². The fraction of sp³-hybridized carbons (Fsp3) is 0.200. The smallest absolute Gasteiger partial charge is 0.275 e. The molecule has 3 N–H and O–H groups in total. The van der Waals surface area contributed by atoms with Crippen molar-refractivity contribution in [2.24, 2.45) is 5.73 Å². The summed E-state index contributed by atoms with van der Waals surface area (Å²) >= 11 is 0. The molecule has 0 aromatic heterocycles. The van der Waals surface area contributed by atoms with Gasteiger partial charge in [0.15, 0.2) is 0 Å². The molecule has 1 rings (SSSR count). The lowest BCUT2D eigenvalue weighted by Gasteiger charge is -2.00. The van der Waals surface area contributed by atoms with Crippen LogP contribution in [-0.2, 0) is 6.61 Å². The minimum absolute atomic E-state index is 0.0725. The summed E-state index contributed by atoms with van der Waals surface area (Å²) in [5.74, 6) is 0. The van der Waals surface area contributed by atoms with Crippen LogP contribution in [0.3, 0.4) is 0 Å². The quantitative estimate of drug-likeness (QED) is 0.571. The molecule has 80 valence electrons. The van der Waals surface area contributed by atoms with Crippen LogP contribution in [0, 0.1) is 10.1 Å². The molecule has 0 heterocycles. The van der Waals surface area contributed by atoms with Crippen LogP contribution >= 0.6 is 0 Å². The van der Waals surface area contributed by atoms with Crippen molar-refractivity contribution in [2.45, 2.75) is 6.61 Å². The predicted octanol–water partition coefficient (Wildman–Crippen LogP) is 1.06. The van der Waals surface area contributed by atoms with Gasteiger partial charge in [-0.05, 0) is 11.6 Å². The first-order valence-electron chi connectivity index (χ1n) is 4.44. The van der Waals surface area contributed by atoms with Crippen molar-refractivity contribution in [1.29, 1.82) is 0 Å². The van der Waals surface area contributed by atoms with Gasteiger partial charge in [-0.2, -0.15) is 0 Å². The van der Waals surface area contributed by atoms with E-state index in [9.17, 15) is 10.1 Å². The van der Waals surface area contributed by atoms with Gasteiger partial charge in [-0.25, -0.2) is 0 Å². The number of rotatable bonds is 4. The third-order valence-electron chi connectivity index (χ3n) is 1.92. The Morgan fingerprint density at radius 3 is 2.80 bits per heavy atom. The number of aliphatic hydroxyl groups excluding tert-OH is 1. The van der Waals surface area contributed by atoms with E-state index in [-0.39, 0.29) is 12.3 Å². The van der Waals surface area contributed by atoms with E-state index in [2.05, 4.69) is 0 Å². The van der Waals surface area contributed by atoms with E-state index >= 15 is 0 Å². The lowest BCUT2D eigenvalue weighted by molar-refractivity contribution is -0.385. The Morgan fingerprint density at radius 1 is 1.53 bits per heavy atom. The maximum absolute atomic E-state index is 10.7. The molecule has 0 saturated carbocycles. The second-order valence-corrected chi connectivity index (χ2v) is 2.94. The summed E-state index contributed by atoms with van der Waals surface area (Å²) in [4.78, 5) is 10.1. The number of benzene rings is 1. The molecule has 5 heteroatoms. The fourth-order valence-corrected chi connectivity index (χ4v) is 1.19. The van der Waals surface area contributed by atoms with E-state index in [4.69, 9.17) is 10.8 Å². The molecule has 0 amide bonds. The topological polar surface area (TPSA) is 89.4 Å². The van der Waals surface area contributed by atoms with Gasteiger partial charge in [0.1, 0.15) is 0 Å². The summed E-state index contributed by atoms with van der Waals surface area (Å²) in [6.45, 7) is 0.0484. The summed E-state index contributed by atoms with van der Waals surface area (Å²) in [5, 5.41) is 19.5. The number of nitrogens with two attached hydrogens (primary N) is 1. The van der Waals surface area contributed by atoms with Gasteiger partial charge in [0.05, 0.1) is 17.1 Å². The molecule has 0 radical (unpaired) electrons. The summed E-state index contributed by atoms with van der Waals surface area (Å²) < 4.78 is 0. The highest BCUT2D eigenvalue weighted by molar-refractivity contribution is 5.56. The molecule has 5 nitrogen and oxygen atoms in total. The molecule has 1 aromatic rings. The van der Waals surface area contributed by atoms with Crippen molar-refractivity contribution in [3.8, 4) is 0 Å². The van der Waals surface area contributed by atoms with Crippen molar-refractivity contribution in [2.75, 3.05) is 6.54 Å². The zero-order valence-electron chi connectivity index (χ0n) is 8.09. The highest BCUT2D eigenvalue weighted by Crippen LogP contribution is 2.20. The van der Waals surface area contributed by atoms with E-state index < -0.39 is 4.92 Å². The van der Waals surface area contributed by atoms with Gasteiger partial charge < -0.3 is 10.8 Å². The molecule has 0 unspecified atom stereocenters. The molecule has 0 aliphatic carbocycles. The SMILES string of the molecule is NCC=Cc1ccc(CO)c([N+](=O)[O-])c1. The standard InChI is InChI=1S/C10H12N2O3/c11-5-1-2-8-3-4-9(7-13)10(6-8)12(14)15/h1-4,6,13H,5,7,11H2. The van der Waals surface area contributed by atoms with Gasteiger partial charge in [0.25, 0.3) is 5.69 Å². The van der Waals surface area contributed by atoms with Crippen LogP contribution in [0.2, 0.25) is 0 Å². The Hall–Kier alpha value is -1.72. The maximum Gasteiger partial charge on any atom is 0.275 e. The fourth-order valence-electron chi connectivity index (χ4n) is 1.19. The number of hydrogen-bond donors (Lipinski definition) is 2. The van der Waals surface area contributed by atoms with Crippen LogP contribution in [-0.4, -0.2) is 16.6 Å². The average Bonchev–Trinajstić information content (AvgIpc) is 2.25. The van der Waals surface area contributed by atoms with Crippen LogP contribution in [0.25, 0.3) is 6.08 Å². The summed E-state index contributed by atoms with van der Waals surface area (Å²) in [5.41, 5.74) is 6.21. The second-order valence-electron chi connectivity index (χ2n) is 2.94. The molecular formula is C10H12N2O3. The van der Waals surface area contributed by atoms with Crippen LogP contribution in [0.1, 0.15) is 11.1 Å². The number of aliphatic hydroxyl groups is 1. The zero-order chi connectivity index (χ0) is 11.3. The molecule has 0 aliphatic rings. The van der Waals surface area contributed by atoms with Crippen LogP contribution in [0.5, 0.6) is 0 Å². The van der Waals surface area contributed by atoms with Gasteiger partial charge in [0, 0.05) is 12.6 Å². The molecule has 0 spiro atoms. The molecule has 0 aliphatic heterocycles. The third-order valence-corrected chi connectivity index (χ3v) is 1.92. The van der Waals surface area contributed by atoms with E-state index in [1.807, 2.05) is 0 Å². The Morgan fingerprint density at radius 2 is 2.27 bits per heavy atom. The van der Waals surface area contributed by atoms with E-state index in [1.165, 1.54) is 12.1 Å². The minimum atomic E-state index is -0.509. The maximum atomic E-state index is 10.7. The first-order valence-corrected chi connectivity index (χ1v) is 4.44. The molecule has 0 fully saturated rings. The van der Waals surface area contributed by atoms with Crippen molar-refractivity contribution in [1.82, 2.24) is 0 Å². The first kappa shape index (κ1) is 11.4. The third kappa shape index (κ3) is 2.87. The second kappa shape index (κ2) is 5.23. The average molecular weight is 208 g/mol. The first-order chi connectivity index (χ1) is 7.19. The zero-order valence-corrected chi connectivity index (χ0v) is 8.09. The molecule has 1 aromatic carbocycles. The molecule has 0 saturated heterocycles. The number of hydrogen-bond acceptors (Lipinski definition) is 4. The minimum Gasteiger partial charge on any atom is -0.391 e.